The minimum absolute atomic E-state index is 0.725. The molecule has 4 rings (SSSR count). The molecule has 0 atom stereocenters. The molecule has 0 unspecified atom stereocenters. The summed E-state index contributed by atoms with van der Waals surface area (Å²) in [6, 6.07) is 26.0. The fraction of sp³-hybridized carbons (Fsp3) is 0.0476. The molecule has 4 aromatic rings. The number of benzene rings is 3. The Bertz CT molecular complexity index is 1020. The second kappa shape index (κ2) is 6.61. The van der Waals surface area contributed by atoms with Gasteiger partial charge in [-0.25, -0.2) is 0 Å². The fourth-order valence-electron chi connectivity index (χ4n) is 2.84. The van der Waals surface area contributed by atoms with Gasteiger partial charge in [-0.3, -0.25) is 0 Å². The van der Waals surface area contributed by atoms with E-state index in [4.69, 9.17) is 4.74 Å². The van der Waals surface area contributed by atoms with Gasteiger partial charge in [0.1, 0.15) is 11.4 Å². The highest BCUT2D eigenvalue weighted by molar-refractivity contribution is 6.00. The molecule has 1 heterocycles. The molecular formula is C21H17N3O. The number of rotatable bonds is 4. The number of fused-ring (bicyclic) bond motifs is 1. The van der Waals surface area contributed by atoms with Crippen LogP contribution in [0.1, 0.15) is 0 Å². The van der Waals surface area contributed by atoms with E-state index in [1.165, 1.54) is 0 Å². The number of aromatic nitrogens is 2. The molecule has 0 aliphatic rings. The Morgan fingerprint density at radius 1 is 0.760 bits per heavy atom. The molecule has 0 aliphatic heterocycles. The molecule has 1 aromatic heterocycles. The van der Waals surface area contributed by atoms with Gasteiger partial charge in [-0.1, -0.05) is 60.7 Å². The van der Waals surface area contributed by atoms with Crippen LogP contribution in [0.15, 0.2) is 78.9 Å². The fourth-order valence-corrected chi connectivity index (χ4v) is 2.84. The molecule has 0 fully saturated rings. The second-order valence-electron chi connectivity index (χ2n) is 5.67. The molecule has 0 radical (unpaired) electrons. The first-order valence-electron chi connectivity index (χ1n) is 8.07. The van der Waals surface area contributed by atoms with Gasteiger partial charge in [0.15, 0.2) is 5.82 Å². The van der Waals surface area contributed by atoms with E-state index >= 15 is 0 Å². The van der Waals surface area contributed by atoms with E-state index in [1.807, 2.05) is 66.7 Å². The van der Waals surface area contributed by atoms with Gasteiger partial charge in [0, 0.05) is 28.1 Å². The first-order chi connectivity index (χ1) is 12.3. The molecule has 25 heavy (non-hydrogen) atoms. The Balaban J connectivity index is 1.81. The summed E-state index contributed by atoms with van der Waals surface area (Å²) in [4.78, 5) is 0. The average molecular weight is 327 g/mol. The highest BCUT2D eigenvalue weighted by Crippen LogP contribution is 2.31. The third-order valence-corrected chi connectivity index (χ3v) is 4.07. The van der Waals surface area contributed by atoms with Crippen LogP contribution in [0.2, 0.25) is 0 Å². The minimum atomic E-state index is 0.725. The lowest BCUT2D eigenvalue weighted by molar-refractivity contribution is 0.415. The summed E-state index contributed by atoms with van der Waals surface area (Å²) in [5.41, 5.74) is 2.85. The van der Waals surface area contributed by atoms with Gasteiger partial charge in [-0.15, -0.1) is 10.2 Å². The van der Waals surface area contributed by atoms with Crippen LogP contribution in [-0.2, 0) is 0 Å². The Morgan fingerprint density at radius 3 is 2.32 bits per heavy atom. The van der Waals surface area contributed by atoms with Crippen LogP contribution in [0.3, 0.4) is 0 Å². The quantitative estimate of drug-likeness (QED) is 0.570. The summed E-state index contributed by atoms with van der Waals surface area (Å²) in [7, 11) is 1.66. The molecule has 4 heteroatoms. The van der Waals surface area contributed by atoms with E-state index < -0.39 is 0 Å². The third kappa shape index (κ3) is 3.02. The topological polar surface area (TPSA) is 47.0 Å². The zero-order chi connectivity index (χ0) is 17.1. The van der Waals surface area contributed by atoms with Gasteiger partial charge in [-0.05, 0) is 12.1 Å². The van der Waals surface area contributed by atoms with Gasteiger partial charge >= 0.3 is 0 Å². The molecule has 0 aliphatic carbocycles. The van der Waals surface area contributed by atoms with Crippen molar-refractivity contribution in [3.05, 3.63) is 78.9 Å². The highest BCUT2D eigenvalue weighted by Gasteiger charge is 2.11. The maximum Gasteiger partial charge on any atom is 0.161 e. The zero-order valence-electron chi connectivity index (χ0n) is 13.8. The number of hydrogen-bond acceptors (Lipinski definition) is 4. The number of nitrogens with one attached hydrogen (secondary N) is 1. The van der Waals surface area contributed by atoms with Crippen molar-refractivity contribution in [2.75, 3.05) is 12.4 Å². The van der Waals surface area contributed by atoms with Crippen LogP contribution in [0.4, 0.5) is 11.5 Å². The molecular weight excluding hydrogens is 310 g/mol. The summed E-state index contributed by atoms with van der Waals surface area (Å²) in [6.07, 6.45) is 0. The van der Waals surface area contributed by atoms with Crippen molar-refractivity contribution in [1.29, 1.82) is 0 Å². The standard InChI is InChI=1S/C21H17N3O/c1-25-17-11-7-10-16(14-17)22-21-19-13-6-5-12-18(19)20(23-24-21)15-8-3-2-4-9-15/h2-14H,1H3,(H,22,24). The number of nitrogens with zero attached hydrogens (tertiary/aromatic N) is 2. The smallest absolute Gasteiger partial charge is 0.161 e. The maximum absolute atomic E-state index is 5.28. The molecule has 0 amide bonds. The van der Waals surface area contributed by atoms with E-state index in [1.54, 1.807) is 7.11 Å². The van der Waals surface area contributed by atoms with Crippen LogP contribution in [0, 0.1) is 0 Å². The van der Waals surface area contributed by atoms with Crippen molar-refractivity contribution in [3.63, 3.8) is 0 Å². The van der Waals surface area contributed by atoms with Crippen molar-refractivity contribution in [1.82, 2.24) is 10.2 Å². The van der Waals surface area contributed by atoms with E-state index in [9.17, 15) is 0 Å². The number of methoxy groups -OCH3 is 1. The van der Waals surface area contributed by atoms with Crippen LogP contribution in [0.25, 0.3) is 22.0 Å². The molecule has 0 bridgehead atoms. The van der Waals surface area contributed by atoms with Gasteiger partial charge in [0.2, 0.25) is 0 Å². The molecule has 0 saturated heterocycles. The van der Waals surface area contributed by atoms with Gasteiger partial charge < -0.3 is 10.1 Å². The van der Waals surface area contributed by atoms with E-state index in [0.717, 1.165) is 39.3 Å². The van der Waals surface area contributed by atoms with Crippen molar-refractivity contribution in [2.24, 2.45) is 0 Å². The zero-order valence-corrected chi connectivity index (χ0v) is 13.8. The first kappa shape index (κ1) is 15.1. The van der Waals surface area contributed by atoms with Crippen molar-refractivity contribution >= 4 is 22.3 Å². The summed E-state index contributed by atoms with van der Waals surface area (Å²) in [6.45, 7) is 0. The molecule has 0 saturated carbocycles. The molecule has 4 nitrogen and oxygen atoms in total. The predicted molar refractivity (Wildman–Crippen MR) is 101 cm³/mol. The Kier molecular flexibility index (Phi) is 4.01. The lowest BCUT2D eigenvalue weighted by Gasteiger charge is -2.11. The van der Waals surface area contributed by atoms with Crippen LogP contribution in [-0.4, -0.2) is 17.3 Å². The molecule has 1 N–H and O–H groups in total. The first-order valence-corrected chi connectivity index (χ1v) is 8.07. The number of anilines is 2. The summed E-state index contributed by atoms with van der Waals surface area (Å²) < 4.78 is 5.28. The van der Waals surface area contributed by atoms with E-state index in [2.05, 4.69) is 27.6 Å². The van der Waals surface area contributed by atoms with Crippen LogP contribution in [0.5, 0.6) is 5.75 Å². The molecule has 3 aromatic carbocycles. The predicted octanol–water partition coefficient (Wildman–Crippen LogP) is 5.05. The SMILES string of the molecule is COc1cccc(Nc2nnc(-c3ccccc3)c3ccccc23)c1. The van der Waals surface area contributed by atoms with Gasteiger partial charge in [0.25, 0.3) is 0 Å². The Hall–Kier alpha value is -3.40. The average Bonchev–Trinajstić information content (AvgIpc) is 2.69. The lowest BCUT2D eigenvalue weighted by atomic mass is 10.0. The summed E-state index contributed by atoms with van der Waals surface area (Å²) >= 11 is 0. The van der Waals surface area contributed by atoms with E-state index in [0.29, 0.717) is 0 Å². The van der Waals surface area contributed by atoms with Crippen molar-refractivity contribution in [2.45, 2.75) is 0 Å². The van der Waals surface area contributed by atoms with Gasteiger partial charge in [-0.2, -0.15) is 0 Å². The normalized spacial score (nSPS) is 10.6. The lowest BCUT2D eigenvalue weighted by Crippen LogP contribution is -1.99. The number of ether oxygens (including phenoxy) is 1. The third-order valence-electron chi connectivity index (χ3n) is 4.07. The highest BCUT2D eigenvalue weighted by atomic mass is 16.5. The van der Waals surface area contributed by atoms with Gasteiger partial charge in [0.05, 0.1) is 7.11 Å². The minimum Gasteiger partial charge on any atom is -0.497 e. The van der Waals surface area contributed by atoms with Crippen LogP contribution >= 0.6 is 0 Å². The Labute approximate surface area is 146 Å². The maximum atomic E-state index is 5.28. The van der Waals surface area contributed by atoms with Crippen molar-refractivity contribution < 1.29 is 4.74 Å². The largest absolute Gasteiger partial charge is 0.497 e. The second-order valence-corrected chi connectivity index (χ2v) is 5.67. The van der Waals surface area contributed by atoms with E-state index in [-0.39, 0.29) is 0 Å². The molecule has 122 valence electrons. The number of hydrogen-bond donors (Lipinski definition) is 1. The monoisotopic (exact) mass is 327 g/mol. The van der Waals surface area contributed by atoms with Crippen LogP contribution < -0.4 is 10.1 Å². The molecule has 0 spiro atoms. The summed E-state index contributed by atoms with van der Waals surface area (Å²) in [5.74, 6) is 1.52. The Morgan fingerprint density at radius 2 is 1.52 bits per heavy atom. The van der Waals surface area contributed by atoms with Crippen molar-refractivity contribution in [3.8, 4) is 17.0 Å². The summed E-state index contributed by atoms with van der Waals surface area (Å²) in [5, 5.41) is 14.3.